The van der Waals surface area contributed by atoms with Crippen molar-refractivity contribution in [1.82, 2.24) is 15.4 Å². The molecule has 0 spiro atoms. The van der Waals surface area contributed by atoms with Gasteiger partial charge in [-0.25, -0.2) is 18.4 Å². The number of sulfone groups is 1. The zero-order chi connectivity index (χ0) is 24.6. The molecule has 0 saturated carbocycles. The first-order valence-corrected chi connectivity index (χ1v) is 13.7. The van der Waals surface area contributed by atoms with Gasteiger partial charge >= 0.3 is 0 Å². The number of fused-ring (bicyclic) bond motifs is 1. The van der Waals surface area contributed by atoms with E-state index in [4.69, 9.17) is 20.4 Å². The molecule has 5 rings (SSSR count). The molecule has 35 heavy (non-hydrogen) atoms. The van der Waals surface area contributed by atoms with E-state index in [2.05, 4.69) is 10.4 Å². The van der Waals surface area contributed by atoms with Crippen LogP contribution in [0.2, 0.25) is 5.02 Å². The molecule has 0 aliphatic carbocycles. The molecule has 11 heteroatoms. The molecule has 1 aliphatic rings. The van der Waals surface area contributed by atoms with Crippen molar-refractivity contribution < 1.29 is 22.0 Å². The van der Waals surface area contributed by atoms with Crippen molar-refractivity contribution in [2.45, 2.75) is 23.1 Å². The molecule has 0 bridgehead atoms. The molecule has 3 heterocycles. The van der Waals surface area contributed by atoms with Gasteiger partial charge in [-0.2, -0.15) is 0 Å². The van der Waals surface area contributed by atoms with E-state index in [0.717, 1.165) is 23.0 Å². The van der Waals surface area contributed by atoms with Gasteiger partial charge in [0.15, 0.2) is 15.4 Å². The van der Waals surface area contributed by atoms with Crippen molar-refractivity contribution in [3.63, 3.8) is 0 Å². The van der Waals surface area contributed by atoms with Crippen molar-refractivity contribution in [1.29, 1.82) is 0 Å². The summed E-state index contributed by atoms with van der Waals surface area (Å²) in [6.07, 6.45) is 3.48. The van der Waals surface area contributed by atoms with Crippen LogP contribution in [0.25, 0.3) is 16.8 Å². The second-order valence-corrected chi connectivity index (χ2v) is 11.4. The standard InChI is InChI=1S/C24H20ClN3O5S2/c1-2-35(30,31)17-9-10-21-19(12-17)26-24(33-21)34-14-23(29)28-20(22-4-3-11-32-22)13-18(27-28)15-5-7-16(25)8-6-15/h3-13,20,27H,2,14H2,1H3/t20-/m1/s1. The predicted octanol–water partition coefficient (Wildman–Crippen LogP) is 5.09. The van der Waals surface area contributed by atoms with Gasteiger partial charge in [-0.1, -0.05) is 42.4 Å². The van der Waals surface area contributed by atoms with Crippen molar-refractivity contribution in [3.05, 3.63) is 83.3 Å². The van der Waals surface area contributed by atoms with Gasteiger partial charge < -0.3 is 8.83 Å². The average molecular weight is 530 g/mol. The van der Waals surface area contributed by atoms with E-state index in [1.807, 2.05) is 24.3 Å². The van der Waals surface area contributed by atoms with Crippen LogP contribution in [0.3, 0.4) is 0 Å². The Hall–Kier alpha value is -3.21. The number of carbonyl (C=O) groups excluding carboxylic acids is 1. The van der Waals surface area contributed by atoms with Crippen molar-refractivity contribution in [2.75, 3.05) is 11.5 Å². The third-order valence-electron chi connectivity index (χ3n) is 5.50. The fourth-order valence-electron chi connectivity index (χ4n) is 3.65. The molecule has 0 unspecified atom stereocenters. The van der Waals surface area contributed by atoms with E-state index in [1.54, 1.807) is 37.5 Å². The van der Waals surface area contributed by atoms with Crippen LogP contribution in [0.4, 0.5) is 0 Å². The minimum atomic E-state index is -3.36. The van der Waals surface area contributed by atoms with Crippen LogP contribution in [0.5, 0.6) is 0 Å². The minimum absolute atomic E-state index is 0.00180. The lowest BCUT2D eigenvalue weighted by molar-refractivity contribution is -0.131. The molecule has 1 amide bonds. The highest BCUT2D eigenvalue weighted by molar-refractivity contribution is 7.99. The Morgan fingerprint density at radius 1 is 1.20 bits per heavy atom. The van der Waals surface area contributed by atoms with Gasteiger partial charge in [0.2, 0.25) is 0 Å². The molecule has 0 fully saturated rings. The monoisotopic (exact) mass is 529 g/mol. The second kappa shape index (κ2) is 9.44. The molecule has 180 valence electrons. The number of halogens is 1. The summed E-state index contributed by atoms with van der Waals surface area (Å²) in [6.45, 7) is 1.59. The number of hydrazine groups is 1. The first-order chi connectivity index (χ1) is 16.8. The molecule has 0 saturated heterocycles. The molecule has 0 radical (unpaired) electrons. The fraction of sp³-hybridized carbons (Fsp3) is 0.167. The molecule has 8 nitrogen and oxygen atoms in total. The molecular formula is C24H20ClN3O5S2. The van der Waals surface area contributed by atoms with Crippen LogP contribution in [-0.4, -0.2) is 35.8 Å². The van der Waals surface area contributed by atoms with E-state index in [-0.39, 0.29) is 27.5 Å². The summed E-state index contributed by atoms with van der Waals surface area (Å²) in [6, 6.07) is 15.0. The number of nitrogens with one attached hydrogen (secondary N) is 1. The fourth-order valence-corrected chi connectivity index (χ4v) is 5.37. The number of thioether (sulfide) groups is 1. The number of hydrogen-bond donors (Lipinski definition) is 1. The number of hydrogen-bond acceptors (Lipinski definition) is 8. The van der Waals surface area contributed by atoms with Gasteiger partial charge in [-0.05, 0) is 54.1 Å². The highest BCUT2D eigenvalue weighted by Crippen LogP contribution is 2.33. The number of carbonyl (C=O) groups is 1. The number of furan rings is 1. The number of rotatable bonds is 7. The quantitative estimate of drug-likeness (QED) is 0.330. The molecule has 1 N–H and O–H groups in total. The van der Waals surface area contributed by atoms with E-state index in [0.29, 0.717) is 21.9 Å². The lowest BCUT2D eigenvalue weighted by Gasteiger charge is -2.23. The lowest BCUT2D eigenvalue weighted by Crippen LogP contribution is -2.40. The van der Waals surface area contributed by atoms with Crippen molar-refractivity contribution >= 4 is 55.9 Å². The van der Waals surface area contributed by atoms with E-state index in [1.165, 1.54) is 17.1 Å². The number of nitrogens with zero attached hydrogens (tertiary/aromatic N) is 2. The Morgan fingerprint density at radius 2 is 2.00 bits per heavy atom. The third kappa shape index (κ3) is 4.82. The van der Waals surface area contributed by atoms with E-state index < -0.39 is 15.9 Å². The molecule has 1 aliphatic heterocycles. The van der Waals surface area contributed by atoms with Gasteiger partial charge in [0.1, 0.15) is 17.3 Å². The Labute approximate surface area is 210 Å². The predicted molar refractivity (Wildman–Crippen MR) is 133 cm³/mol. The summed E-state index contributed by atoms with van der Waals surface area (Å²) in [5, 5.41) is 2.40. The Bertz CT molecular complexity index is 1510. The van der Waals surface area contributed by atoms with Crippen LogP contribution in [0.15, 0.2) is 85.9 Å². The van der Waals surface area contributed by atoms with Gasteiger partial charge in [0.05, 0.1) is 28.4 Å². The summed E-state index contributed by atoms with van der Waals surface area (Å²) in [5.74, 6) is 0.441. The number of oxazole rings is 1. The van der Waals surface area contributed by atoms with Gasteiger partial charge in [0.25, 0.3) is 11.1 Å². The third-order valence-corrected chi connectivity index (χ3v) is 8.30. The summed E-state index contributed by atoms with van der Waals surface area (Å²) >= 11 is 7.14. The van der Waals surface area contributed by atoms with E-state index >= 15 is 0 Å². The van der Waals surface area contributed by atoms with Crippen LogP contribution in [-0.2, 0) is 14.6 Å². The van der Waals surface area contributed by atoms with Gasteiger partial charge in [-0.3, -0.25) is 10.2 Å². The topological polar surface area (TPSA) is 106 Å². The maximum Gasteiger partial charge on any atom is 0.257 e. The summed E-state index contributed by atoms with van der Waals surface area (Å²) in [7, 11) is -3.36. The number of aromatic nitrogens is 1. The highest BCUT2D eigenvalue weighted by atomic mass is 35.5. The van der Waals surface area contributed by atoms with E-state index in [9.17, 15) is 13.2 Å². The number of benzene rings is 2. The summed E-state index contributed by atoms with van der Waals surface area (Å²) in [5.41, 5.74) is 5.68. The average Bonchev–Trinajstić information content (AvgIpc) is 3.61. The van der Waals surface area contributed by atoms with Crippen LogP contribution in [0, 0.1) is 0 Å². The molecule has 2 aromatic carbocycles. The minimum Gasteiger partial charge on any atom is -0.467 e. The van der Waals surface area contributed by atoms with Crippen molar-refractivity contribution in [3.8, 4) is 0 Å². The highest BCUT2D eigenvalue weighted by Gasteiger charge is 2.32. The molecule has 2 aromatic heterocycles. The normalized spacial score (nSPS) is 15.9. The molecule has 1 atom stereocenters. The first kappa shape index (κ1) is 23.5. The maximum atomic E-state index is 13.2. The second-order valence-electron chi connectivity index (χ2n) is 7.72. The lowest BCUT2D eigenvalue weighted by atomic mass is 10.1. The maximum absolute atomic E-state index is 13.2. The zero-order valence-electron chi connectivity index (χ0n) is 18.5. The van der Waals surface area contributed by atoms with Crippen molar-refractivity contribution in [2.24, 2.45) is 0 Å². The van der Waals surface area contributed by atoms with Gasteiger partial charge in [-0.15, -0.1) is 0 Å². The smallest absolute Gasteiger partial charge is 0.257 e. The Morgan fingerprint density at radius 3 is 2.71 bits per heavy atom. The SMILES string of the molecule is CCS(=O)(=O)c1ccc2oc(SCC(=O)N3NC(c4ccc(Cl)cc4)=C[C@@H]3c3ccco3)nc2c1. The van der Waals surface area contributed by atoms with Gasteiger partial charge in [0, 0.05) is 5.02 Å². The van der Waals surface area contributed by atoms with Crippen LogP contribution >= 0.6 is 23.4 Å². The van der Waals surface area contributed by atoms with Crippen LogP contribution in [0.1, 0.15) is 24.3 Å². The number of amides is 1. The summed E-state index contributed by atoms with van der Waals surface area (Å²) in [4.78, 5) is 17.7. The first-order valence-electron chi connectivity index (χ1n) is 10.7. The largest absolute Gasteiger partial charge is 0.467 e. The summed E-state index contributed by atoms with van der Waals surface area (Å²) < 4.78 is 35.6. The van der Waals surface area contributed by atoms with Crippen LogP contribution < -0.4 is 5.43 Å². The zero-order valence-corrected chi connectivity index (χ0v) is 20.9. The molecular weight excluding hydrogens is 510 g/mol. The Kier molecular flexibility index (Phi) is 6.35. The Balaban J connectivity index is 1.33. The molecule has 4 aromatic rings.